The second kappa shape index (κ2) is 9.85. The number of ether oxygens (including phenoxy) is 1. The Hall–Kier alpha value is -5.14. The van der Waals surface area contributed by atoms with Gasteiger partial charge in [-0.2, -0.15) is 15.5 Å². The average Bonchev–Trinajstić information content (AvgIpc) is 3.21. The van der Waals surface area contributed by atoms with E-state index in [1.807, 2.05) is 63.2 Å². The molecule has 0 aliphatic rings. The number of hydrogen-bond acceptors (Lipinski definition) is 6. The first-order valence-electron chi connectivity index (χ1n) is 11.8. The van der Waals surface area contributed by atoms with E-state index in [0.717, 1.165) is 39.0 Å². The molecule has 0 unspecified atom stereocenters. The van der Waals surface area contributed by atoms with Crippen LogP contribution < -0.4 is 10.1 Å². The Morgan fingerprint density at radius 3 is 2.16 bits per heavy atom. The van der Waals surface area contributed by atoms with E-state index in [0.29, 0.717) is 35.2 Å². The van der Waals surface area contributed by atoms with Crippen molar-refractivity contribution in [2.45, 2.75) is 27.3 Å². The first-order chi connectivity index (χ1) is 17.9. The van der Waals surface area contributed by atoms with Gasteiger partial charge in [0.15, 0.2) is 0 Å². The molecule has 0 saturated carbocycles. The summed E-state index contributed by atoms with van der Waals surface area (Å²) < 4.78 is 8.60. The quantitative estimate of drug-likeness (QED) is 0.288. The van der Waals surface area contributed by atoms with Crippen molar-refractivity contribution in [3.63, 3.8) is 0 Å². The second-order valence-electron chi connectivity index (χ2n) is 8.94. The Morgan fingerprint density at radius 2 is 1.51 bits per heavy atom. The molecule has 2 heterocycles. The number of nitrogens with one attached hydrogen (secondary N) is 1. The Morgan fingerprint density at radius 1 is 0.838 bits per heavy atom. The van der Waals surface area contributed by atoms with E-state index in [4.69, 9.17) is 20.0 Å². The van der Waals surface area contributed by atoms with Crippen LogP contribution in [0.25, 0.3) is 11.0 Å². The number of nitriles is 2. The van der Waals surface area contributed by atoms with E-state index >= 15 is 0 Å². The molecular weight excluding hydrogens is 460 g/mol. The number of aromatic nitrogens is 3. The highest BCUT2D eigenvalue weighted by Crippen LogP contribution is 2.35. The zero-order valence-corrected chi connectivity index (χ0v) is 20.8. The molecule has 180 valence electrons. The van der Waals surface area contributed by atoms with Crippen LogP contribution in [-0.2, 0) is 6.54 Å². The number of nitrogens with zero attached hydrogens (tertiary/aromatic N) is 5. The maximum Gasteiger partial charge on any atom is 0.249 e. The third kappa shape index (κ3) is 4.84. The van der Waals surface area contributed by atoms with Gasteiger partial charge in [0, 0.05) is 18.4 Å². The van der Waals surface area contributed by atoms with Crippen molar-refractivity contribution < 1.29 is 4.74 Å². The maximum atomic E-state index is 9.36. The molecule has 1 N–H and O–H groups in total. The van der Waals surface area contributed by atoms with E-state index in [1.54, 1.807) is 12.1 Å². The molecule has 3 aromatic carbocycles. The summed E-state index contributed by atoms with van der Waals surface area (Å²) >= 11 is 0. The summed E-state index contributed by atoms with van der Waals surface area (Å²) in [4.78, 5) is 9.60. The van der Waals surface area contributed by atoms with Crippen molar-refractivity contribution in [1.29, 1.82) is 10.5 Å². The molecule has 0 fully saturated rings. The van der Waals surface area contributed by atoms with Gasteiger partial charge in [0.05, 0.1) is 23.3 Å². The molecule has 5 aromatic rings. The summed E-state index contributed by atoms with van der Waals surface area (Å²) in [5.41, 5.74) is 7.33. The van der Waals surface area contributed by atoms with Crippen LogP contribution in [-0.4, -0.2) is 14.5 Å². The molecule has 7 heteroatoms. The van der Waals surface area contributed by atoms with Crippen LogP contribution in [0.1, 0.15) is 33.4 Å². The smallest absolute Gasteiger partial charge is 0.249 e. The topological polar surface area (TPSA) is 99.5 Å². The van der Waals surface area contributed by atoms with Crippen LogP contribution in [0.3, 0.4) is 0 Å². The van der Waals surface area contributed by atoms with Gasteiger partial charge in [-0.15, -0.1) is 0 Å². The molecule has 0 bridgehead atoms. The minimum Gasteiger partial charge on any atom is -0.436 e. The fourth-order valence-electron chi connectivity index (χ4n) is 4.39. The van der Waals surface area contributed by atoms with Gasteiger partial charge in [-0.3, -0.25) is 0 Å². The number of fused-ring (bicyclic) bond motifs is 1. The lowest BCUT2D eigenvalue weighted by Gasteiger charge is -2.15. The Bertz CT molecular complexity index is 1670. The predicted molar refractivity (Wildman–Crippen MR) is 143 cm³/mol. The minimum absolute atomic E-state index is 0.386. The first-order valence-corrected chi connectivity index (χ1v) is 11.8. The normalized spacial score (nSPS) is 10.6. The van der Waals surface area contributed by atoms with Gasteiger partial charge >= 0.3 is 0 Å². The largest absolute Gasteiger partial charge is 0.436 e. The van der Waals surface area contributed by atoms with E-state index in [9.17, 15) is 5.26 Å². The van der Waals surface area contributed by atoms with Crippen LogP contribution in [0.5, 0.6) is 11.6 Å². The molecule has 0 atom stereocenters. The zero-order valence-electron chi connectivity index (χ0n) is 20.8. The molecule has 0 aliphatic heterocycles. The van der Waals surface area contributed by atoms with Crippen LogP contribution >= 0.6 is 0 Å². The highest BCUT2D eigenvalue weighted by Gasteiger charge is 2.19. The molecular formula is C30H24N6O. The van der Waals surface area contributed by atoms with E-state index < -0.39 is 0 Å². The van der Waals surface area contributed by atoms with Gasteiger partial charge in [0.2, 0.25) is 11.8 Å². The Balaban J connectivity index is 1.64. The highest BCUT2D eigenvalue weighted by molar-refractivity contribution is 5.86. The molecule has 0 aliphatic carbocycles. The second-order valence-corrected chi connectivity index (χ2v) is 8.94. The number of anilines is 2. The number of benzene rings is 3. The average molecular weight is 485 g/mol. The molecule has 0 saturated heterocycles. The van der Waals surface area contributed by atoms with Gasteiger partial charge in [0.1, 0.15) is 16.8 Å². The lowest BCUT2D eigenvalue weighted by molar-refractivity contribution is 0.459. The molecule has 2 aromatic heterocycles. The minimum atomic E-state index is 0.386. The monoisotopic (exact) mass is 484 g/mol. The van der Waals surface area contributed by atoms with Gasteiger partial charge in [-0.1, -0.05) is 30.3 Å². The number of hydrogen-bond donors (Lipinski definition) is 1. The lowest BCUT2D eigenvalue weighted by atomic mass is 10.1. The van der Waals surface area contributed by atoms with Crippen LogP contribution in [0, 0.1) is 43.4 Å². The third-order valence-corrected chi connectivity index (χ3v) is 6.12. The van der Waals surface area contributed by atoms with Crippen molar-refractivity contribution in [2.75, 3.05) is 5.32 Å². The van der Waals surface area contributed by atoms with Crippen LogP contribution in [0.2, 0.25) is 0 Å². The standard InChI is InChI=1S/C30H24N6O/c1-19-13-24(16-32)14-20(2)28(19)37-29-27-26(21(3)17-36(27)18-23-7-5-4-6-8-23)34-30(35-29)33-25-11-9-22(15-31)10-12-25/h4-14,17H,18H2,1-3H3,(H,33,34,35). The fraction of sp³-hybridized carbons (Fsp3) is 0.133. The molecule has 7 nitrogen and oxygen atoms in total. The summed E-state index contributed by atoms with van der Waals surface area (Å²) in [6, 6.07) is 25.3. The first kappa shape index (κ1) is 23.6. The predicted octanol–water partition coefficient (Wildman–Crippen LogP) is 6.68. The Labute approximate surface area is 215 Å². The number of aryl methyl sites for hydroxylation is 3. The van der Waals surface area contributed by atoms with Gasteiger partial charge in [0.25, 0.3) is 0 Å². The van der Waals surface area contributed by atoms with E-state index in [1.165, 1.54) is 0 Å². The van der Waals surface area contributed by atoms with Crippen molar-refractivity contribution in [3.8, 4) is 23.8 Å². The summed E-state index contributed by atoms with van der Waals surface area (Å²) in [6.45, 7) is 6.50. The van der Waals surface area contributed by atoms with Gasteiger partial charge in [-0.25, -0.2) is 4.98 Å². The highest BCUT2D eigenvalue weighted by atomic mass is 16.5. The van der Waals surface area contributed by atoms with Gasteiger partial charge < -0.3 is 14.6 Å². The molecule has 0 spiro atoms. The summed E-state index contributed by atoms with van der Waals surface area (Å²) in [7, 11) is 0. The number of rotatable bonds is 6. The molecule has 0 amide bonds. The Kier molecular flexibility index (Phi) is 6.28. The SMILES string of the molecule is Cc1cc(C#N)cc(C)c1Oc1nc(Nc2ccc(C#N)cc2)nc2c(C)cn(Cc3ccccc3)c12. The third-order valence-electron chi connectivity index (χ3n) is 6.12. The maximum absolute atomic E-state index is 9.36. The fourth-order valence-corrected chi connectivity index (χ4v) is 4.39. The summed E-state index contributed by atoms with van der Waals surface area (Å²) in [5, 5.41) is 21.7. The van der Waals surface area contributed by atoms with Crippen LogP contribution in [0.15, 0.2) is 72.9 Å². The zero-order chi connectivity index (χ0) is 25.9. The van der Waals surface area contributed by atoms with E-state index in [-0.39, 0.29) is 0 Å². The van der Waals surface area contributed by atoms with Crippen molar-refractivity contribution in [1.82, 2.24) is 14.5 Å². The molecule has 0 radical (unpaired) electrons. The summed E-state index contributed by atoms with van der Waals surface area (Å²) in [5.74, 6) is 1.46. The summed E-state index contributed by atoms with van der Waals surface area (Å²) in [6.07, 6.45) is 2.06. The van der Waals surface area contributed by atoms with E-state index in [2.05, 4.69) is 40.4 Å². The van der Waals surface area contributed by atoms with Gasteiger partial charge in [-0.05, 0) is 79.4 Å². The van der Waals surface area contributed by atoms with Crippen LogP contribution in [0.4, 0.5) is 11.6 Å². The molecule has 37 heavy (non-hydrogen) atoms. The molecule has 5 rings (SSSR count). The van der Waals surface area contributed by atoms with Crippen molar-refractivity contribution in [2.24, 2.45) is 0 Å². The van der Waals surface area contributed by atoms with Crippen molar-refractivity contribution >= 4 is 22.7 Å². The van der Waals surface area contributed by atoms with Crippen molar-refractivity contribution in [3.05, 3.63) is 106 Å². The lowest BCUT2D eigenvalue weighted by Crippen LogP contribution is -2.04.